The first-order chi connectivity index (χ1) is 32.3. The van der Waals surface area contributed by atoms with Gasteiger partial charge in [0.25, 0.3) is 11.8 Å². The molecule has 0 aliphatic carbocycles. The van der Waals surface area contributed by atoms with E-state index in [2.05, 4.69) is 62.4 Å². The quantitative estimate of drug-likeness (QED) is 0.0779. The lowest BCUT2D eigenvalue weighted by atomic mass is 9.77. The van der Waals surface area contributed by atoms with Crippen molar-refractivity contribution >= 4 is 11.8 Å². The third-order valence-electron chi connectivity index (χ3n) is 15.1. The van der Waals surface area contributed by atoms with Crippen LogP contribution >= 0.6 is 0 Å². The molecule has 68 heavy (non-hydrogen) atoms. The van der Waals surface area contributed by atoms with Crippen molar-refractivity contribution < 1.29 is 20.0 Å². The van der Waals surface area contributed by atoms with E-state index >= 15 is 9.59 Å². The first-order valence-electron chi connectivity index (χ1n) is 26.2. The average molecular weight is 925 g/mol. The van der Waals surface area contributed by atoms with E-state index in [0.29, 0.717) is 36.8 Å². The molecule has 8 nitrogen and oxygen atoms in total. The molecule has 2 amide bonds. The van der Waals surface area contributed by atoms with Gasteiger partial charge in [-0.2, -0.15) is 0 Å². The summed E-state index contributed by atoms with van der Waals surface area (Å²) in [5.41, 5.74) is 5.33. The molecule has 0 spiro atoms. The molecule has 0 aromatic heterocycles. The molecule has 0 bridgehead atoms. The number of carbonyl (C=O) groups is 2. The van der Waals surface area contributed by atoms with Crippen LogP contribution in [0.15, 0.2) is 97.1 Å². The molecule has 0 unspecified atom stereocenters. The number of nitrogens with zero attached hydrogens (tertiary/aromatic N) is 4. The first-order valence-corrected chi connectivity index (χ1v) is 26.2. The minimum Gasteiger partial charge on any atom is -0.334 e. The second kappa shape index (κ2) is 23.1. The van der Waals surface area contributed by atoms with Gasteiger partial charge in [0.05, 0.1) is 0 Å². The highest BCUT2D eigenvalue weighted by molar-refractivity contribution is 5.96. The molecule has 8 heteroatoms. The van der Waals surface area contributed by atoms with Gasteiger partial charge in [-0.25, -0.2) is 0 Å². The van der Waals surface area contributed by atoms with Crippen molar-refractivity contribution in [3.63, 3.8) is 0 Å². The van der Waals surface area contributed by atoms with Crippen LogP contribution in [0.2, 0.25) is 0 Å². The van der Waals surface area contributed by atoms with E-state index in [1.807, 2.05) is 114 Å². The molecule has 0 atom stereocenters. The van der Waals surface area contributed by atoms with Crippen LogP contribution in [0.4, 0.5) is 0 Å². The highest BCUT2D eigenvalue weighted by Crippen LogP contribution is 2.42. The topological polar surface area (TPSA) is 86.9 Å². The summed E-state index contributed by atoms with van der Waals surface area (Å²) in [6.45, 7) is 20.8. The Morgan fingerprint density at radius 2 is 0.691 bits per heavy atom. The molecular formula is C60H84N4O4. The van der Waals surface area contributed by atoms with Gasteiger partial charge < -0.3 is 9.80 Å². The maximum absolute atomic E-state index is 15.0. The molecule has 2 fully saturated rings. The van der Waals surface area contributed by atoms with E-state index in [1.165, 1.54) is 85.5 Å². The van der Waals surface area contributed by atoms with E-state index in [4.69, 9.17) is 0 Å². The van der Waals surface area contributed by atoms with Crippen LogP contribution in [-0.4, -0.2) is 79.1 Å². The van der Waals surface area contributed by atoms with Crippen molar-refractivity contribution in [2.24, 2.45) is 0 Å². The Kier molecular flexibility index (Phi) is 18.0. The van der Waals surface area contributed by atoms with Crippen molar-refractivity contribution in [1.82, 2.24) is 19.9 Å². The summed E-state index contributed by atoms with van der Waals surface area (Å²) in [5, 5.41) is 29.7. The fourth-order valence-corrected chi connectivity index (χ4v) is 11.5. The summed E-state index contributed by atoms with van der Waals surface area (Å²) < 4.78 is 0. The molecule has 4 aromatic carbocycles. The number of piperidine rings is 2. The summed E-state index contributed by atoms with van der Waals surface area (Å²) >= 11 is 0. The number of hydrogen-bond donors (Lipinski definition) is 0. The van der Waals surface area contributed by atoms with E-state index in [0.717, 1.165) is 35.1 Å². The van der Waals surface area contributed by atoms with Crippen LogP contribution in [0.25, 0.3) is 22.3 Å². The summed E-state index contributed by atoms with van der Waals surface area (Å²) in [7, 11) is 0. The Labute approximate surface area is 411 Å². The average Bonchev–Trinajstić information content (AvgIpc) is 3.31. The summed E-state index contributed by atoms with van der Waals surface area (Å²) in [5.74, 6) is -0.222. The van der Waals surface area contributed by atoms with Crippen molar-refractivity contribution in [2.75, 3.05) is 13.1 Å². The molecule has 2 radical (unpaired) electrons. The van der Waals surface area contributed by atoms with Crippen molar-refractivity contribution in [3.05, 3.63) is 119 Å². The van der Waals surface area contributed by atoms with Crippen molar-refractivity contribution in [1.29, 1.82) is 0 Å². The molecule has 2 heterocycles. The van der Waals surface area contributed by atoms with Crippen molar-refractivity contribution in [3.8, 4) is 22.3 Å². The lowest BCUT2D eigenvalue weighted by Crippen LogP contribution is -2.64. The van der Waals surface area contributed by atoms with E-state index in [9.17, 15) is 10.4 Å². The Bertz CT molecular complexity index is 2020. The fraction of sp³-hybridized carbons (Fsp3) is 0.567. The largest absolute Gasteiger partial charge is 0.334 e. The van der Waals surface area contributed by atoms with Crippen LogP contribution in [0.1, 0.15) is 191 Å². The zero-order valence-electron chi connectivity index (χ0n) is 43.5. The number of rotatable bonds is 21. The van der Waals surface area contributed by atoms with Crippen LogP contribution < -0.4 is 0 Å². The second-order valence-corrected chi connectivity index (χ2v) is 22.8. The number of hydroxylamine groups is 4. The number of benzene rings is 4. The predicted octanol–water partition coefficient (Wildman–Crippen LogP) is 14.4. The highest BCUT2D eigenvalue weighted by atomic mass is 16.5. The molecular weight excluding hydrogens is 841 g/mol. The molecule has 0 saturated carbocycles. The minimum absolute atomic E-state index is 0.111. The van der Waals surface area contributed by atoms with Gasteiger partial charge in [-0.1, -0.05) is 138 Å². The number of hydrogen-bond acceptors (Lipinski definition) is 4. The molecule has 0 N–H and O–H groups in total. The summed E-state index contributed by atoms with van der Waals surface area (Å²) in [6, 6.07) is 32.9. The van der Waals surface area contributed by atoms with Gasteiger partial charge >= 0.3 is 0 Å². The third kappa shape index (κ3) is 13.3. The number of amides is 2. The Morgan fingerprint density at radius 3 is 0.971 bits per heavy atom. The van der Waals surface area contributed by atoms with E-state index in [1.54, 1.807) is 0 Å². The third-order valence-corrected chi connectivity index (χ3v) is 15.1. The molecule has 2 aliphatic rings. The molecule has 6 rings (SSSR count). The normalized spacial score (nSPS) is 18.4. The number of unbranched alkanes of at least 4 members (excludes halogenated alkanes) is 8. The first kappa shape index (κ1) is 53.0. The Hall–Kier alpha value is -4.34. The van der Waals surface area contributed by atoms with Crippen LogP contribution in [-0.2, 0) is 23.3 Å². The minimum atomic E-state index is -0.711. The SMILES string of the molecule is CCCCCCCc1ccc(-c2ccc(C(=O)N(CCN(C(=O)c3ccc(-c4ccc(CCCCCCC)cc4)cc3)C3CC(C)(C)N([O])C(C)(C)C3)C3CC(C)(C)N([O])C(C)(C)C3)cc2)cc1. The van der Waals surface area contributed by atoms with Gasteiger partial charge in [0.2, 0.25) is 0 Å². The van der Waals surface area contributed by atoms with Gasteiger partial charge in [0.1, 0.15) is 0 Å². The van der Waals surface area contributed by atoms with E-state index < -0.39 is 22.2 Å². The Balaban J connectivity index is 1.26. The zero-order chi connectivity index (χ0) is 49.3. The standard InChI is InChI=1S/C60H84N4O4/c1-11-13-15-17-19-21-45-23-27-47(28-24-45)49-31-35-51(36-32-49)55(65)61(53-41-57(3,4)63(67)58(5,6)42-53)39-40-62(54-43-59(7,8)64(68)60(9,10)44-54)56(66)52-37-33-50(34-38-52)48-29-25-46(26-30-48)22-20-18-16-14-12-2/h23-38,53-54H,11-22,39-44H2,1-10H3. The van der Waals surface area contributed by atoms with Crippen LogP contribution in [0.5, 0.6) is 0 Å². The lowest BCUT2D eigenvalue weighted by molar-refractivity contribution is -0.294. The molecule has 368 valence electrons. The number of aryl methyl sites for hydroxylation is 2. The van der Waals surface area contributed by atoms with Crippen LogP contribution in [0, 0.1) is 0 Å². The summed E-state index contributed by atoms with van der Waals surface area (Å²) in [6.07, 6.45) is 16.8. The zero-order valence-corrected chi connectivity index (χ0v) is 43.5. The van der Waals surface area contributed by atoms with Gasteiger partial charge in [-0.05, 0) is 164 Å². The van der Waals surface area contributed by atoms with Gasteiger partial charge in [-0.15, -0.1) is 20.5 Å². The number of carbonyl (C=O) groups excluding carboxylic acids is 2. The maximum atomic E-state index is 15.0. The lowest BCUT2D eigenvalue weighted by Gasteiger charge is -2.53. The Morgan fingerprint density at radius 1 is 0.426 bits per heavy atom. The highest BCUT2D eigenvalue weighted by Gasteiger charge is 2.50. The second-order valence-electron chi connectivity index (χ2n) is 22.8. The molecule has 2 saturated heterocycles. The van der Waals surface area contributed by atoms with Gasteiger partial charge in [0, 0.05) is 58.5 Å². The smallest absolute Gasteiger partial charge is 0.254 e. The maximum Gasteiger partial charge on any atom is 0.254 e. The molecule has 4 aromatic rings. The monoisotopic (exact) mass is 925 g/mol. The summed E-state index contributed by atoms with van der Waals surface area (Å²) in [4.78, 5) is 34.0. The fourth-order valence-electron chi connectivity index (χ4n) is 11.5. The predicted molar refractivity (Wildman–Crippen MR) is 278 cm³/mol. The van der Waals surface area contributed by atoms with Gasteiger partial charge in [-0.3, -0.25) is 9.59 Å². The van der Waals surface area contributed by atoms with Crippen LogP contribution in [0.3, 0.4) is 0 Å². The van der Waals surface area contributed by atoms with Crippen molar-refractivity contribution in [2.45, 2.75) is 206 Å². The molecule has 2 aliphatic heterocycles. The van der Waals surface area contributed by atoms with Gasteiger partial charge in [0.15, 0.2) is 0 Å². The van der Waals surface area contributed by atoms with E-state index in [-0.39, 0.29) is 37.0 Å².